The molecule has 0 aliphatic heterocycles. The molecule has 0 aliphatic carbocycles. The number of hydrogen-bond acceptors (Lipinski definition) is 2. The monoisotopic (exact) mass is 444 g/mol. The molecule has 0 saturated carbocycles. The van der Waals surface area contributed by atoms with Crippen molar-refractivity contribution in [2.75, 3.05) is 6.61 Å². The topological polar surface area (TPSA) is 26.3 Å². The summed E-state index contributed by atoms with van der Waals surface area (Å²) in [6, 6.07) is 0. The van der Waals surface area contributed by atoms with Crippen molar-refractivity contribution in [3.05, 3.63) is 48.6 Å². The second kappa shape index (κ2) is 27.5. The third kappa shape index (κ3) is 26.5. The number of unbranched alkanes of at least 4 members (excludes halogenated alkanes) is 14. The van der Waals surface area contributed by atoms with Gasteiger partial charge in [-0.1, -0.05) is 120 Å². The highest BCUT2D eigenvalue weighted by atomic mass is 16.5. The Morgan fingerprint density at radius 1 is 0.594 bits per heavy atom. The second-order valence-electron chi connectivity index (χ2n) is 8.72. The summed E-state index contributed by atoms with van der Waals surface area (Å²) >= 11 is 0. The number of rotatable bonds is 23. The minimum atomic E-state index is -0.00153. The predicted octanol–water partition coefficient (Wildman–Crippen LogP) is 9.82. The number of esters is 1. The maximum absolute atomic E-state index is 11.8. The summed E-state index contributed by atoms with van der Waals surface area (Å²) in [5.74, 6) is -0.00153. The molecule has 2 heteroatoms. The molecule has 2 nitrogen and oxygen atoms in total. The Balaban J connectivity index is 3.23. The first kappa shape index (κ1) is 30.4. The van der Waals surface area contributed by atoms with Crippen molar-refractivity contribution in [2.24, 2.45) is 0 Å². The Kier molecular flexibility index (Phi) is 26.1. The van der Waals surface area contributed by atoms with Crippen LogP contribution in [0.25, 0.3) is 0 Å². The average Bonchev–Trinajstić information content (AvgIpc) is 2.80. The first-order chi connectivity index (χ1) is 15.8. The predicted molar refractivity (Wildman–Crippen MR) is 142 cm³/mol. The molecule has 0 unspecified atom stereocenters. The molecule has 0 rings (SSSR count). The Bertz CT molecular complexity index is 499. The molecular formula is C30H52O2. The molecule has 0 aliphatic rings. The smallest absolute Gasteiger partial charge is 0.305 e. The highest BCUT2D eigenvalue weighted by Gasteiger charge is 2.02. The van der Waals surface area contributed by atoms with Gasteiger partial charge in [0.15, 0.2) is 0 Å². The molecule has 0 radical (unpaired) electrons. The fourth-order valence-electron chi connectivity index (χ4n) is 3.60. The first-order valence-electron chi connectivity index (χ1n) is 13.6. The summed E-state index contributed by atoms with van der Waals surface area (Å²) in [6.45, 7) is 4.81. The van der Waals surface area contributed by atoms with Crippen LogP contribution in [0.15, 0.2) is 48.6 Å². The van der Waals surface area contributed by atoms with Crippen LogP contribution < -0.4 is 0 Å². The Morgan fingerprint density at radius 3 is 1.62 bits per heavy atom. The zero-order valence-corrected chi connectivity index (χ0v) is 21.4. The van der Waals surface area contributed by atoms with Gasteiger partial charge in [-0.05, 0) is 51.9 Å². The van der Waals surface area contributed by atoms with Gasteiger partial charge >= 0.3 is 5.97 Å². The van der Waals surface area contributed by atoms with E-state index in [1.165, 1.54) is 83.5 Å². The van der Waals surface area contributed by atoms with E-state index in [0.717, 1.165) is 25.7 Å². The number of carbonyl (C=O) groups excluding carboxylic acids is 1. The lowest BCUT2D eigenvalue weighted by atomic mass is 10.1. The van der Waals surface area contributed by atoms with Crippen LogP contribution in [0, 0.1) is 0 Å². The fraction of sp³-hybridized carbons (Fsp3) is 0.700. The van der Waals surface area contributed by atoms with E-state index in [4.69, 9.17) is 4.74 Å². The number of carbonyl (C=O) groups is 1. The van der Waals surface area contributed by atoms with Crippen molar-refractivity contribution in [2.45, 2.75) is 129 Å². The SMILES string of the molecule is C/C=C/C=C\CCCCCCCCC(=O)OCCCCCCCCCC/C=C\C=C\CC. The molecule has 184 valence electrons. The lowest BCUT2D eigenvalue weighted by molar-refractivity contribution is -0.143. The zero-order chi connectivity index (χ0) is 23.4. The van der Waals surface area contributed by atoms with Gasteiger partial charge in [-0.3, -0.25) is 4.79 Å². The summed E-state index contributed by atoms with van der Waals surface area (Å²) in [7, 11) is 0. The quantitative estimate of drug-likeness (QED) is 0.0890. The van der Waals surface area contributed by atoms with E-state index >= 15 is 0 Å². The normalized spacial score (nSPS) is 12.2. The van der Waals surface area contributed by atoms with Gasteiger partial charge < -0.3 is 4.74 Å². The standard InChI is InChI=1S/C30H52O2/c1-3-5-7-9-11-13-15-16-17-19-21-23-25-27-29-32-30(31)28-26-24-22-20-18-14-12-10-8-6-4-2/h4-11H,3,12-29H2,1-2H3/b6-4+,7-5+,10-8-,11-9-. The minimum absolute atomic E-state index is 0.00153. The van der Waals surface area contributed by atoms with Crippen LogP contribution in [0.3, 0.4) is 0 Å². The Hall–Kier alpha value is -1.57. The molecule has 0 aromatic carbocycles. The van der Waals surface area contributed by atoms with Gasteiger partial charge in [-0.25, -0.2) is 0 Å². The van der Waals surface area contributed by atoms with E-state index in [9.17, 15) is 4.79 Å². The Labute approximate surface area is 200 Å². The summed E-state index contributed by atoms with van der Waals surface area (Å²) in [5, 5.41) is 0. The van der Waals surface area contributed by atoms with Gasteiger partial charge in [-0.15, -0.1) is 0 Å². The minimum Gasteiger partial charge on any atom is -0.466 e. The van der Waals surface area contributed by atoms with Gasteiger partial charge in [0.25, 0.3) is 0 Å². The van der Waals surface area contributed by atoms with Gasteiger partial charge in [-0.2, -0.15) is 0 Å². The van der Waals surface area contributed by atoms with E-state index < -0.39 is 0 Å². The molecule has 0 aromatic heterocycles. The summed E-state index contributed by atoms with van der Waals surface area (Å²) in [6.07, 6.45) is 38.7. The van der Waals surface area contributed by atoms with Crippen LogP contribution in [-0.4, -0.2) is 12.6 Å². The molecule has 0 aromatic rings. The first-order valence-corrected chi connectivity index (χ1v) is 13.6. The van der Waals surface area contributed by atoms with Crippen molar-refractivity contribution < 1.29 is 9.53 Å². The molecule has 0 heterocycles. The third-order valence-electron chi connectivity index (χ3n) is 5.59. The average molecular weight is 445 g/mol. The highest BCUT2D eigenvalue weighted by Crippen LogP contribution is 2.11. The van der Waals surface area contributed by atoms with Crippen LogP contribution in [0.4, 0.5) is 0 Å². The van der Waals surface area contributed by atoms with Crippen LogP contribution >= 0.6 is 0 Å². The molecule has 0 atom stereocenters. The largest absolute Gasteiger partial charge is 0.466 e. The van der Waals surface area contributed by atoms with Crippen LogP contribution in [0.5, 0.6) is 0 Å². The van der Waals surface area contributed by atoms with Gasteiger partial charge in [0.05, 0.1) is 6.61 Å². The molecule has 0 bridgehead atoms. The number of allylic oxidation sites excluding steroid dienone is 8. The van der Waals surface area contributed by atoms with Crippen molar-refractivity contribution >= 4 is 5.97 Å². The molecular weight excluding hydrogens is 392 g/mol. The molecule has 0 amide bonds. The van der Waals surface area contributed by atoms with Crippen molar-refractivity contribution in [3.63, 3.8) is 0 Å². The molecule has 0 fully saturated rings. The molecule has 32 heavy (non-hydrogen) atoms. The summed E-state index contributed by atoms with van der Waals surface area (Å²) in [4.78, 5) is 11.8. The van der Waals surface area contributed by atoms with E-state index in [1.54, 1.807) is 0 Å². The second-order valence-corrected chi connectivity index (χ2v) is 8.72. The number of hydrogen-bond donors (Lipinski definition) is 0. The maximum Gasteiger partial charge on any atom is 0.305 e. The number of ether oxygens (including phenoxy) is 1. The van der Waals surface area contributed by atoms with Gasteiger partial charge in [0, 0.05) is 6.42 Å². The van der Waals surface area contributed by atoms with Crippen LogP contribution in [0.1, 0.15) is 129 Å². The summed E-state index contributed by atoms with van der Waals surface area (Å²) in [5.41, 5.74) is 0. The van der Waals surface area contributed by atoms with Crippen LogP contribution in [0.2, 0.25) is 0 Å². The van der Waals surface area contributed by atoms with Gasteiger partial charge in [0.2, 0.25) is 0 Å². The van der Waals surface area contributed by atoms with Crippen LogP contribution in [-0.2, 0) is 9.53 Å². The Morgan fingerprint density at radius 2 is 1.06 bits per heavy atom. The van der Waals surface area contributed by atoms with Crippen molar-refractivity contribution in [3.8, 4) is 0 Å². The lowest BCUT2D eigenvalue weighted by Gasteiger charge is -2.05. The maximum atomic E-state index is 11.8. The highest BCUT2D eigenvalue weighted by molar-refractivity contribution is 5.69. The summed E-state index contributed by atoms with van der Waals surface area (Å²) < 4.78 is 5.38. The van der Waals surface area contributed by atoms with Gasteiger partial charge in [0.1, 0.15) is 0 Å². The van der Waals surface area contributed by atoms with E-state index in [0.29, 0.717) is 13.0 Å². The molecule has 0 saturated heterocycles. The van der Waals surface area contributed by atoms with Crippen molar-refractivity contribution in [1.82, 2.24) is 0 Å². The third-order valence-corrected chi connectivity index (χ3v) is 5.59. The molecule has 0 N–H and O–H groups in total. The molecule has 0 spiro atoms. The lowest BCUT2D eigenvalue weighted by Crippen LogP contribution is -2.05. The van der Waals surface area contributed by atoms with E-state index in [1.807, 2.05) is 6.92 Å². The van der Waals surface area contributed by atoms with E-state index in [2.05, 4.69) is 55.5 Å². The van der Waals surface area contributed by atoms with Crippen molar-refractivity contribution in [1.29, 1.82) is 0 Å². The fourth-order valence-corrected chi connectivity index (χ4v) is 3.60. The zero-order valence-electron chi connectivity index (χ0n) is 21.4. The van der Waals surface area contributed by atoms with E-state index in [-0.39, 0.29) is 5.97 Å².